The average Bonchev–Trinajstić information content (AvgIpc) is 3.00. The van der Waals surface area contributed by atoms with E-state index in [1.807, 2.05) is 19.1 Å². The van der Waals surface area contributed by atoms with E-state index in [2.05, 4.69) is 10.5 Å². The number of nitrogens with one attached hydrogen (secondary N) is 1. The molecule has 108 valence electrons. The fourth-order valence-corrected chi connectivity index (χ4v) is 1.69. The van der Waals surface area contributed by atoms with E-state index in [1.165, 1.54) is 6.21 Å². The molecule has 1 aromatic carbocycles. The molecule has 0 saturated heterocycles. The molecule has 1 amide bonds. The first-order valence-corrected chi connectivity index (χ1v) is 6.39. The van der Waals surface area contributed by atoms with Crippen LogP contribution in [-0.2, 0) is 0 Å². The van der Waals surface area contributed by atoms with Gasteiger partial charge in [-0.2, -0.15) is 5.10 Å². The molecule has 21 heavy (non-hydrogen) atoms. The van der Waals surface area contributed by atoms with Crippen LogP contribution in [0.2, 0.25) is 0 Å². The van der Waals surface area contributed by atoms with Gasteiger partial charge in [0.05, 0.1) is 13.4 Å². The summed E-state index contributed by atoms with van der Waals surface area (Å²) in [6.07, 6.45) is 6.48. The molecule has 0 unspecified atom stereocenters. The van der Waals surface area contributed by atoms with Gasteiger partial charge in [0.2, 0.25) is 0 Å². The molecule has 0 saturated carbocycles. The zero-order valence-electron chi connectivity index (χ0n) is 11.9. The normalized spacial score (nSPS) is 11.1. The van der Waals surface area contributed by atoms with Crippen molar-refractivity contribution in [1.29, 1.82) is 0 Å². The molecule has 0 fully saturated rings. The second kappa shape index (κ2) is 7.09. The molecule has 1 heterocycles. The Kier molecular flexibility index (Phi) is 4.93. The van der Waals surface area contributed by atoms with Gasteiger partial charge in [0, 0.05) is 11.8 Å². The molecule has 0 radical (unpaired) electrons. The lowest BCUT2D eigenvalue weighted by molar-refractivity contribution is 0.0955. The molecule has 0 spiro atoms. The number of benzene rings is 1. The number of hydrogen-bond acceptors (Lipinski definition) is 4. The highest BCUT2D eigenvalue weighted by Gasteiger charge is 2.07. The Morgan fingerprint density at radius 2 is 2.24 bits per heavy atom. The molecule has 0 aliphatic carbocycles. The number of allylic oxidation sites excluding steroid dienone is 1. The van der Waals surface area contributed by atoms with E-state index in [0.717, 1.165) is 11.3 Å². The van der Waals surface area contributed by atoms with Crippen molar-refractivity contribution < 1.29 is 13.9 Å². The second-order valence-corrected chi connectivity index (χ2v) is 4.28. The largest absolute Gasteiger partial charge is 0.496 e. The van der Waals surface area contributed by atoms with E-state index in [-0.39, 0.29) is 5.91 Å². The summed E-state index contributed by atoms with van der Waals surface area (Å²) in [7, 11) is 1.57. The highest BCUT2D eigenvalue weighted by molar-refractivity contribution is 5.95. The van der Waals surface area contributed by atoms with Crippen LogP contribution in [0, 0.1) is 6.92 Å². The fourth-order valence-electron chi connectivity index (χ4n) is 1.69. The number of ether oxygens (including phenoxy) is 1. The molecular formula is C16H16N2O3. The van der Waals surface area contributed by atoms with Crippen molar-refractivity contribution in [2.24, 2.45) is 5.10 Å². The quantitative estimate of drug-likeness (QED) is 0.678. The molecule has 2 aromatic rings. The molecule has 1 N–H and O–H groups in total. The van der Waals surface area contributed by atoms with Gasteiger partial charge in [0.1, 0.15) is 11.5 Å². The first-order valence-electron chi connectivity index (χ1n) is 6.39. The van der Waals surface area contributed by atoms with Gasteiger partial charge in [-0.1, -0.05) is 6.07 Å². The molecular weight excluding hydrogens is 268 g/mol. The van der Waals surface area contributed by atoms with Crippen LogP contribution in [-0.4, -0.2) is 19.2 Å². The Morgan fingerprint density at radius 3 is 2.95 bits per heavy atom. The van der Waals surface area contributed by atoms with Crippen LogP contribution in [0.3, 0.4) is 0 Å². The van der Waals surface area contributed by atoms with E-state index in [0.29, 0.717) is 11.3 Å². The van der Waals surface area contributed by atoms with Crippen molar-refractivity contribution in [2.45, 2.75) is 6.92 Å². The minimum atomic E-state index is -0.295. The molecule has 0 bridgehead atoms. The predicted octanol–water partition coefficient (Wildman–Crippen LogP) is 3.03. The first kappa shape index (κ1) is 14.6. The SMILES string of the molecule is COc1cc(C(=O)N/N=C/C=C/c2ccco2)ccc1C. The zero-order valence-corrected chi connectivity index (χ0v) is 11.9. The van der Waals surface area contributed by atoms with Crippen LogP contribution in [0.4, 0.5) is 0 Å². The number of amides is 1. The Bertz CT molecular complexity index is 658. The lowest BCUT2D eigenvalue weighted by atomic mass is 10.1. The van der Waals surface area contributed by atoms with Crippen LogP contribution in [0.1, 0.15) is 21.7 Å². The lowest BCUT2D eigenvalue weighted by Crippen LogP contribution is -2.17. The van der Waals surface area contributed by atoms with Crippen molar-refractivity contribution in [3.05, 3.63) is 59.6 Å². The molecule has 1 aromatic heterocycles. The molecule has 5 nitrogen and oxygen atoms in total. The predicted molar refractivity (Wildman–Crippen MR) is 81.4 cm³/mol. The summed E-state index contributed by atoms with van der Waals surface area (Å²) >= 11 is 0. The number of nitrogens with zero attached hydrogens (tertiary/aromatic N) is 1. The third-order valence-corrected chi connectivity index (χ3v) is 2.80. The highest BCUT2D eigenvalue weighted by atomic mass is 16.5. The summed E-state index contributed by atoms with van der Waals surface area (Å²) in [5, 5.41) is 3.83. The van der Waals surface area contributed by atoms with Crippen molar-refractivity contribution in [1.82, 2.24) is 5.43 Å². The maximum Gasteiger partial charge on any atom is 0.271 e. The van der Waals surface area contributed by atoms with Gasteiger partial charge in [0.15, 0.2) is 0 Å². The van der Waals surface area contributed by atoms with Gasteiger partial charge in [-0.05, 0) is 48.9 Å². The van der Waals surface area contributed by atoms with Crippen molar-refractivity contribution in [2.75, 3.05) is 7.11 Å². The fraction of sp³-hybridized carbons (Fsp3) is 0.125. The van der Waals surface area contributed by atoms with E-state index in [9.17, 15) is 4.79 Å². The van der Waals surface area contributed by atoms with Crippen LogP contribution in [0.25, 0.3) is 6.08 Å². The second-order valence-electron chi connectivity index (χ2n) is 4.28. The average molecular weight is 284 g/mol. The Hall–Kier alpha value is -2.82. The van der Waals surface area contributed by atoms with E-state index in [4.69, 9.17) is 9.15 Å². The van der Waals surface area contributed by atoms with Crippen LogP contribution < -0.4 is 10.2 Å². The smallest absolute Gasteiger partial charge is 0.271 e. The Morgan fingerprint density at radius 1 is 1.38 bits per heavy atom. The molecule has 0 aliphatic heterocycles. The minimum absolute atomic E-state index is 0.295. The van der Waals surface area contributed by atoms with E-state index >= 15 is 0 Å². The molecule has 0 atom stereocenters. The number of methoxy groups -OCH3 is 1. The van der Waals surface area contributed by atoms with E-state index in [1.54, 1.807) is 43.7 Å². The van der Waals surface area contributed by atoms with Gasteiger partial charge in [0.25, 0.3) is 5.91 Å². The first-order chi connectivity index (χ1) is 10.2. The number of aryl methyl sites for hydroxylation is 1. The molecule has 2 rings (SSSR count). The highest BCUT2D eigenvalue weighted by Crippen LogP contribution is 2.18. The maximum atomic E-state index is 11.9. The number of furan rings is 1. The van der Waals surface area contributed by atoms with Crippen molar-refractivity contribution >= 4 is 18.2 Å². The summed E-state index contributed by atoms with van der Waals surface area (Å²) in [6, 6.07) is 8.85. The summed E-state index contributed by atoms with van der Waals surface area (Å²) in [5.74, 6) is 1.09. The van der Waals surface area contributed by atoms with Crippen LogP contribution >= 0.6 is 0 Å². The summed E-state index contributed by atoms with van der Waals surface area (Å²) in [4.78, 5) is 11.9. The van der Waals surface area contributed by atoms with Crippen molar-refractivity contribution in [3.63, 3.8) is 0 Å². The number of hydrogen-bond donors (Lipinski definition) is 1. The van der Waals surface area contributed by atoms with Gasteiger partial charge in [-0.25, -0.2) is 5.43 Å². The third-order valence-electron chi connectivity index (χ3n) is 2.80. The van der Waals surface area contributed by atoms with Crippen molar-refractivity contribution in [3.8, 4) is 5.75 Å². The lowest BCUT2D eigenvalue weighted by Gasteiger charge is -2.06. The summed E-state index contributed by atoms with van der Waals surface area (Å²) in [6.45, 7) is 1.91. The molecule has 0 aliphatic rings. The maximum absolute atomic E-state index is 11.9. The molecule has 5 heteroatoms. The number of carbonyl (C=O) groups excluding carboxylic acids is 1. The monoisotopic (exact) mass is 284 g/mol. The Balaban J connectivity index is 1.92. The zero-order chi connectivity index (χ0) is 15.1. The standard InChI is InChI=1S/C16H16N2O3/c1-12-7-8-13(11-15(12)20-2)16(19)18-17-9-3-5-14-6-4-10-21-14/h3-11H,1-2H3,(H,18,19)/b5-3+,17-9+. The van der Waals surface area contributed by atoms with E-state index < -0.39 is 0 Å². The number of rotatable bonds is 5. The van der Waals surface area contributed by atoms with Crippen LogP contribution in [0.5, 0.6) is 5.75 Å². The third kappa shape index (κ3) is 4.07. The topological polar surface area (TPSA) is 63.8 Å². The van der Waals surface area contributed by atoms with Gasteiger partial charge < -0.3 is 9.15 Å². The minimum Gasteiger partial charge on any atom is -0.496 e. The summed E-state index contributed by atoms with van der Waals surface area (Å²) < 4.78 is 10.3. The summed E-state index contributed by atoms with van der Waals surface area (Å²) in [5.41, 5.74) is 3.90. The van der Waals surface area contributed by atoms with Crippen LogP contribution in [0.15, 0.2) is 52.2 Å². The number of carbonyl (C=O) groups is 1. The van der Waals surface area contributed by atoms with Gasteiger partial charge >= 0.3 is 0 Å². The Labute approximate surface area is 122 Å². The number of hydrazone groups is 1. The van der Waals surface area contributed by atoms with Gasteiger partial charge in [-0.3, -0.25) is 4.79 Å². The van der Waals surface area contributed by atoms with Gasteiger partial charge in [-0.15, -0.1) is 0 Å².